The highest BCUT2D eigenvalue weighted by Gasteiger charge is 2.28. The van der Waals surface area contributed by atoms with Gasteiger partial charge < -0.3 is 4.74 Å². The van der Waals surface area contributed by atoms with Crippen molar-refractivity contribution in [2.45, 2.75) is 31.4 Å². The Labute approximate surface area is 73.3 Å². The summed E-state index contributed by atoms with van der Waals surface area (Å²) in [6.45, 7) is 0. The minimum atomic E-state index is -3.08. The van der Waals surface area contributed by atoms with Crippen LogP contribution in [0.25, 0.3) is 0 Å². The number of ether oxygens (including phenoxy) is 1. The molecule has 0 aromatic rings. The summed E-state index contributed by atoms with van der Waals surface area (Å²) in [6.07, 6.45) is 4.10. The third kappa shape index (κ3) is 2.73. The molecular weight excluding hydrogens is 178 g/mol. The number of rotatable bonds is 3. The Kier molecular flexibility index (Phi) is 3.09. The van der Waals surface area contributed by atoms with E-state index in [1.54, 1.807) is 7.11 Å². The van der Waals surface area contributed by atoms with E-state index in [4.69, 9.17) is 4.74 Å². The van der Waals surface area contributed by atoms with Crippen LogP contribution in [0.5, 0.6) is 0 Å². The van der Waals surface area contributed by atoms with Gasteiger partial charge in [-0.15, -0.1) is 0 Å². The maximum atomic E-state index is 10.9. The number of methoxy groups -OCH3 is 1. The fourth-order valence-corrected chi connectivity index (χ4v) is 2.44. The second kappa shape index (κ2) is 3.72. The van der Waals surface area contributed by atoms with Crippen LogP contribution in [0.1, 0.15) is 19.3 Å². The Morgan fingerprint density at radius 1 is 1.42 bits per heavy atom. The molecule has 1 aliphatic rings. The van der Waals surface area contributed by atoms with Crippen LogP contribution in [0, 0.1) is 0 Å². The van der Waals surface area contributed by atoms with Gasteiger partial charge in [0.25, 0.3) is 0 Å². The number of nitrogens with one attached hydrogen (secondary N) is 1. The molecule has 1 rings (SSSR count). The van der Waals surface area contributed by atoms with Crippen molar-refractivity contribution in [2.75, 3.05) is 13.4 Å². The number of hydrogen-bond acceptors (Lipinski definition) is 3. The molecule has 4 nitrogen and oxygen atoms in total. The van der Waals surface area contributed by atoms with Crippen LogP contribution in [0.4, 0.5) is 0 Å². The summed E-state index contributed by atoms with van der Waals surface area (Å²) in [5.41, 5.74) is 0. The van der Waals surface area contributed by atoms with E-state index in [2.05, 4.69) is 4.72 Å². The molecule has 0 aromatic heterocycles. The van der Waals surface area contributed by atoms with E-state index >= 15 is 0 Å². The Morgan fingerprint density at radius 3 is 2.58 bits per heavy atom. The smallest absolute Gasteiger partial charge is 0.209 e. The highest BCUT2D eigenvalue weighted by molar-refractivity contribution is 7.88. The predicted octanol–water partition coefficient (Wildman–Crippen LogP) is 0.103. The lowest BCUT2D eigenvalue weighted by Gasteiger charge is -2.17. The van der Waals surface area contributed by atoms with Gasteiger partial charge in [-0.3, -0.25) is 0 Å². The van der Waals surface area contributed by atoms with Crippen molar-refractivity contribution < 1.29 is 13.2 Å². The van der Waals surface area contributed by atoms with Gasteiger partial charge in [0.15, 0.2) is 0 Å². The average Bonchev–Trinajstić information content (AvgIpc) is 2.31. The van der Waals surface area contributed by atoms with Crippen molar-refractivity contribution in [3.63, 3.8) is 0 Å². The number of hydrogen-bond donors (Lipinski definition) is 1. The topological polar surface area (TPSA) is 55.4 Å². The van der Waals surface area contributed by atoms with Crippen LogP contribution in [-0.4, -0.2) is 33.9 Å². The molecule has 1 fully saturated rings. The maximum absolute atomic E-state index is 10.9. The molecule has 5 heteroatoms. The molecule has 1 saturated carbocycles. The van der Waals surface area contributed by atoms with Crippen LogP contribution in [0.2, 0.25) is 0 Å². The molecule has 0 bridgehead atoms. The zero-order valence-electron chi connectivity index (χ0n) is 7.41. The zero-order chi connectivity index (χ0) is 9.19. The first-order chi connectivity index (χ1) is 5.53. The SMILES string of the molecule is COC1CCCC1NS(C)(=O)=O. The number of sulfonamides is 1. The first kappa shape index (κ1) is 9.95. The molecule has 0 aromatic carbocycles. The van der Waals surface area contributed by atoms with Crippen molar-refractivity contribution in [1.82, 2.24) is 4.72 Å². The molecule has 0 spiro atoms. The molecule has 0 heterocycles. The van der Waals surface area contributed by atoms with Crippen LogP contribution >= 0.6 is 0 Å². The molecule has 0 aliphatic heterocycles. The van der Waals surface area contributed by atoms with Gasteiger partial charge in [-0.25, -0.2) is 13.1 Å². The van der Waals surface area contributed by atoms with Crippen molar-refractivity contribution in [2.24, 2.45) is 0 Å². The summed E-state index contributed by atoms with van der Waals surface area (Å²) in [6, 6.07) is -0.0231. The Bertz CT molecular complexity index is 237. The molecule has 0 saturated heterocycles. The monoisotopic (exact) mass is 193 g/mol. The molecule has 2 atom stereocenters. The van der Waals surface area contributed by atoms with E-state index < -0.39 is 10.0 Å². The fraction of sp³-hybridized carbons (Fsp3) is 1.00. The Balaban J connectivity index is 2.52. The molecule has 2 unspecified atom stereocenters. The minimum Gasteiger partial charge on any atom is -0.380 e. The molecule has 0 amide bonds. The van der Waals surface area contributed by atoms with E-state index in [0.717, 1.165) is 19.3 Å². The van der Waals surface area contributed by atoms with Gasteiger partial charge in [-0.2, -0.15) is 0 Å². The highest BCUT2D eigenvalue weighted by atomic mass is 32.2. The lowest BCUT2D eigenvalue weighted by molar-refractivity contribution is 0.0917. The van der Waals surface area contributed by atoms with E-state index in [1.165, 1.54) is 6.26 Å². The third-order valence-corrected chi connectivity index (χ3v) is 2.85. The van der Waals surface area contributed by atoms with Crippen molar-refractivity contribution in [3.8, 4) is 0 Å². The fourth-order valence-electron chi connectivity index (χ4n) is 1.62. The van der Waals surface area contributed by atoms with Crippen molar-refractivity contribution >= 4 is 10.0 Å². The summed E-state index contributed by atoms with van der Waals surface area (Å²) in [7, 11) is -1.46. The van der Waals surface area contributed by atoms with E-state index in [1.807, 2.05) is 0 Å². The lowest BCUT2D eigenvalue weighted by Crippen LogP contribution is -2.39. The predicted molar refractivity (Wildman–Crippen MR) is 46.4 cm³/mol. The first-order valence-corrected chi connectivity index (χ1v) is 5.92. The van der Waals surface area contributed by atoms with Crippen molar-refractivity contribution in [1.29, 1.82) is 0 Å². The zero-order valence-corrected chi connectivity index (χ0v) is 8.23. The van der Waals surface area contributed by atoms with Gasteiger partial charge in [0.05, 0.1) is 12.4 Å². The molecule has 0 radical (unpaired) electrons. The summed E-state index contributed by atoms with van der Waals surface area (Å²) >= 11 is 0. The van der Waals surface area contributed by atoms with Gasteiger partial charge in [0.1, 0.15) is 0 Å². The third-order valence-electron chi connectivity index (χ3n) is 2.12. The quantitative estimate of drug-likeness (QED) is 0.691. The summed E-state index contributed by atoms with van der Waals surface area (Å²) in [5.74, 6) is 0. The van der Waals surface area contributed by atoms with Crippen molar-refractivity contribution in [3.05, 3.63) is 0 Å². The van der Waals surface area contributed by atoms with Gasteiger partial charge in [-0.1, -0.05) is 0 Å². The maximum Gasteiger partial charge on any atom is 0.209 e. The first-order valence-electron chi connectivity index (χ1n) is 4.03. The van der Waals surface area contributed by atoms with E-state index in [-0.39, 0.29) is 12.1 Å². The highest BCUT2D eigenvalue weighted by Crippen LogP contribution is 2.21. The second-order valence-electron chi connectivity index (χ2n) is 3.20. The van der Waals surface area contributed by atoms with Gasteiger partial charge in [-0.05, 0) is 19.3 Å². The summed E-state index contributed by atoms with van der Waals surface area (Å²) < 4.78 is 29.5. The van der Waals surface area contributed by atoms with Crippen LogP contribution in [0.15, 0.2) is 0 Å². The molecule has 72 valence electrons. The minimum absolute atomic E-state index is 0.0231. The molecule has 1 N–H and O–H groups in total. The largest absolute Gasteiger partial charge is 0.380 e. The second-order valence-corrected chi connectivity index (χ2v) is 4.98. The van der Waals surface area contributed by atoms with E-state index in [9.17, 15) is 8.42 Å². The molecule has 12 heavy (non-hydrogen) atoms. The van der Waals surface area contributed by atoms with E-state index in [0.29, 0.717) is 0 Å². The normalized spacial score (nSPS) is 30.8. The van der Waals surface area contributed by atoms with Gasteiger partial charge >= 0.3 is 0 Å². The van der Waals surface area contributed by atoms with Gasteiger partial charge in [0.2, 0.25) is 10.0 Å². The summed E-state index contributed by atoms with van der Waals surface area (Å²) in [5, 5.41) is 0. The molecular formula is C7H15NO3S. The van der Waals surface area contributed by atoms with Crippen LogP contribution in [0.3, 0.4) is 0 Å². The Morgan fingerprint density at radius 2 is 2.08 bits per heavy atom. The Hall–Kier alpha value is -0.130. The van der Waals surface area contributed by atoms with Crippen LogP contribution in [-0.2, 0) is 14.8 Å². The standard InChI is InChI=1S/C7H15NO3S/c1-11-7-5-3-4-6(7)8-12(2,9)10/h6-8H,3-5H2,1-2H3. The molecule has 1 aliphatic carbocycles. The average molecular weight is 193 g/mol. The van der Waals surface area contributed by atoms with Gasteiger partial charge in [0, 0.05) is 13.2 Å². The lowest BCUT2D eigenvalue weighted by atomic mass is 10.2. The summed E-state index contributed by atoms with van der Waals surface area (Å²) in [4.78, 5) is 0. The van der Waals surface area contributed by atoms with Crippen LogP contribution < -0.4 is 4.72 Å².